The van der Waals surface area contributed by atoms with E-state index in [-0.39, 0.29) is 11.2 Å². The van der Waals surface area contributed by atoms with Crippen LogP contribution in [0.25, 0.3) is 0 Å². The number of benzene rings is 1. The lowest BCUT2D eigenvalue weighted by atomic mass is 9.70. The standard InChI is InChI=1S/C18H23Cl2NO/c1-2-8-18(9-7-12-4-3-10-21-16(12)18)17(22)13-5-6-14(19)15(20)11-13/h5-6,11-12,16,21H,2-4,7-10H2,1H3. The highest BCUT2D eigenvalue weighted by Crippen LogP contribution is 2.50. The molecule has 0 bridgehead atoms. The molecular weight excluding hydrogens is 317 g/mol. The molecule has 0 spiro atoms. The molecule has 0 radical (unpaired) electrons. The number of carbonyl (C=O) groups is 1. The molecule has 2 nitrogen and oxygen atoms in total. The van der Waals surface area contributed by atoms with Crippen molar-refractivity contribution in [3.05, 3.63) is 33.8 Å². The maximum atomic E-state index is 13.3. The van der Waals surface area contributed by atoms with Crippen molar-refractivity contribution in [2.75, 3.05) is 6.54 Å². The molecule has 3 rings (SSSR count). The first kappa shape index (κ1) is 16.3. The van der Waals surface area contributed by atoms with Crippen LogP contribution in [0.2, 0.25) is 10.0 Å². The van der Waals surface area contributed by atoms with E-state index in [2.05, 4.69) is 12.2 Å². The lowest BCUT2D eigenvalue weighted by molar-refractivity contribution is 0.0690. The van der Waals surface area contributed by atoms with Crippen molar-refractivity contribution in [3.63, 3.8) is 0 Å². The number of halogens is 2. The summed E-state index contributed by atoms with van der Waals surface area (Å²) in [6.07, 6.45) is 6.59. The van der Waals surface area contributed by atoms with E-state index in [4.69, 9.17) is 23.2 Å². The van der Waals surface area contributed by atoms with Crippen molar-refractivity contribution in [1.29, 1.82) is 0 Å². The van der Waals surface area contributed by atoms with Crippen molar-refractivity contribution in [1.82, 2.24) is 5.32 Å². The fraction of sp³-hybridized carbons (Fsp3) is 0.611. The van der Waals surface area contributed by atoms with Crippen molar-refractivity contribution in [3.8, 4) is 0 Å². The van der Waals surface area contributed by atoms with E-state index < -0.39 is 0 Å². The van der Waals surface area contributed by atoms with Crippen LogP contribution in [-0.4, -0.2) is 18.4 Å². The summed E-state index contributed by atoms with van der Waals surface area (Å²) in [5, 5.41) is 4.62. The number of hydrogen-bond donors (Lipinski definition) is 1. The highest BCUT2D eigenvalue weighted by atomic mass is 35.5. The van der Waals surface area contributed by atoms with Gasteiger partial charge in [-0.15, -0.1) is 0 Å². The van der Waals surface area contributed by atoms with Crippen LogP contribution in [0.5, 0.6) is 0 Å². The molecule has 3 unspecified atom stereocenters. The van der Waals surface area contributed by atoms with E-state index in [0.717, 1.165) is 32.2 Å². The summed E-state index contributed by atoms with van der Waals surface area (Å²) in [7, 11) is 0. The smallest absolute Gasteiger partial charge is 0.170 e. The van der Waals surface area contributed by atoms with Gasteiger partial charge in [0.25, 0.3) is 0 Å². The Morgan fingerprint density at radius 3 is 2.86 bits per heavy atom. The number of hydrogen-bond acceptors (Lipinski definition) is 2. The zero-order valence-corrected chi connectivity index (χ0v) is 14.5. The van der Waals surface area contributed by atoms with E-state index in [0.29, 0.717) is 27.6 Å². The quantitative estimate of drug-likeness (QED) is 0.771. The molecule has 2 aliphatic rings. The number of ketones is 1. The minimum absolute atomic E-state index is 0.245. The predicted octanol–water partition coefficient (Wildman–Crippen LogP) is 5.12. The fourth-order valence-corrected chi connectivity index (χ4v) is 4.83. The number of piperidine rings is 1. The van der Waals surface area contributed by atoms with Gasteiger partial charge in [0.05, 0.1) is 10.0 Å². The molecule has 120 valence electrons. The van der Waals surface area contributed by atoms with E-state index in [1.165, 1.54) is 12.8 Å². The lowest BCUT2D eigenvalue weighted by Crippen LogP contribution is -2.51. The first-order valence-corrected chi connectivity index (χ1v) is 9.07. The maximum Gasteiger partial charge on any atom is 0.170 e. The minimum atomic E-state index is -0.267. The number of nitrogens with one attached hydrogen (secondary N) is 1. The summed E-state index contributed by atoms with van der Waals surface area (Å²) in [5.41, 5.74) is 0.438. The molecule has 2 fully saturated rings. The molecule has 3 atom stereocenters. The van der Waals surface area contributed by atoms with Crippen LogP contribution < -0.4 is 5.32 Å². The summed E-state index contributed by atoms with van der Waals surface area (Å²) in [4.78, 5) is 13.3. The molecule has 0 amide bonds. The average molecular weight is 340 g/mol. The Morgan fingerprint density at radius 1 is 1.32 bits per heavy atom. The maximum absolute atomic E-state index is 13.3. The predicted molar refractivity (Wildman–Crippen MR) is 91.9 cm³/mol. The second-order valence-corrected chi connectivity index (χ2v) is 7.55. The molecule has 1 saturated heterocycles. The van der Waals surface area contributed by atoms with Gasteiger partial charge in [-0.1, -0.05) is 36.5 Å². The fourth-order valence-electron chi connectivity index (χ4n) is 4.53. The molecule has 1 heterocycles. The summed E-state index contributed by atoms with van der Waals surface area (Å²) < 4.78 is 0. The van der Waals surface area contributed by atoms with Crippen molar-refractivity contribution in [2.45, 2.75) is 51.5 Å². The molecule has 1 aliphatic heterocycles. The Bertz CT molecular complexity index is 574. The van der Waals surface area contributed by atoms with Crippen LogP contribution in [0.3, 0.4) is 0 Å². The third-order valence-corrected chi connectivity index (χ3v) is 6.21. The SMILES string of the molecule is CCCC1(C(=O)c2ccc(Cl)c(Cl)c2)CCC2CCCNC21. The first-order chi connectivity index (χ1) is 10.6. The second kappa shape index (κ2) is 6.51. The third-order valence-electron chi connectivity index (χ3n) is 5.47. The highest BCUT2D eigenvalue weighted by molar-refractivity contribution is 6.42. The molecule has 4 heteroatoms. The highest BCUT2D eigenvalue weighted by Gasteiger charge is 2.53. The topological polar surface area (TPSA) is 29.1 Å². The Kier molecular flexibility index (Phi) is 4.82. The van der Waals surface area contributed by atoms with Crippen LogP contribution in [-0.2, 0) is 0 Å². The number of Topliss-reactive ketones (excluding diaryl/α,β-unsaturated/α-hetero) is 1. The molecule has 1 saturated carbocycles. The van der Waals surface area contributed by atoms with Crippen LogP contribution in [0, 0.1) is 11.3 Å². The van der Waals surface area contributed by atoms with Gasteiger partial charge >= 0.3 is 0 Å². The van der Waals surface area contributed by atoms with Crippen LogP contribution >= 0.6 is 23.2 Å². The van der Waals surface area contributed by atoms with E-state index in [9.17, 15) is 4.79 Å². The lowest BCUT2D eigenvalue weighted by Gasteiger charge is -2.39. The third kappa shape index (κ3) is 2.70. The van der Waals surface area contributed by atoms with Gasteiger partial charge in [0.2, 0.25) is 0 Å². The normalized spacial score (nSPS) is 31.0. The van der Waals surface area contributed by atoms with Gasteiger partial charge in [0.1, 0.15) is 0 Å². The summed E-state index contributed by atoms with van der Waals surface area (Å²) >= 11 is 12.1. The number of fused-ring (bicyclic) bond motifs is 1. The summed E-state index contributed by atoms with van der Waals surface area (Å²) in [5.74, 6) is 0.891. The minimum Gasteiger partial charge on any atom is -0.313 e. The van der Waals surface area contributed by atoms with Crippen molar-refractivity contribution in [2.24, 2.45) is 11.3 Å². The zero-order valence-electron chi connectivity index (χ0n) is 13.0. The van der Waals surface area contributed by atoms with Gasteiger partial charge in [-0.25, -0.2) is 0 Å². The van der Waals surface area contributed by atoms with Gasteiger partial charge in [0, 0.05) is 17.0 Å². The van der Waals surface area contributed by atoms with Crippen LogP contribution in [0.1, 0.15) is 55.8 Å². The Morgan fingerprint density at radius 2 is 2.14 bits per heavy atom. The molecular formula is C18H23Cl2NO. The zero-order chi connectivity index (χ0) is 15.7. The second-order valence-electron chi connectivity index (χ2n) is 6.74. The summed E-state index contributed by atoms with van der Waals surface area (Å²) in [6, 6.07) is 5.62. The van der Waals surface area contributed by atoms with Gasteiger partial charge in [-0.2, -0.15) is 0 Å². The summed E-state index contributed by atoms with van der Waals surface area (Å²) in [6.45, 7) is 3.20. The van der Waals surface area contributed by atoms with Crippen LogP contribution in [0.4, 0.5) is 0 Å². The van der Waals surface area contributed by atoms with E-state index in [1.54, 1.807) is 12.1 Å². The molecule has 1 aliphatic carbocycles. The number of rotatable bonds is 4. The number of carbonyl (C=O) groups excluding carboxylic acids is 1. The Balaban J connectivity index is 1.96. The van der Waals surface area contributed by atoms with E-state index >= 15 is 0 Å². The van der Waals surface area contributed by atoms with Gasteiger partial charge in [-0.05, 0) is 62.8 Å². The molecule has 0 aromatic heterocycles. The Labute approximate surface area is 142 Å². The van der Waals surface area contributed by atoms with Crippen molar-refractivity contribution < 1.29 is 4.79 Å². The molecule has 1 aromatic rings. The first-order valence-electron chi connectivity index (χ1n) is 8.32. The van der Waals surface area contributed by atoms with Gasteiger partial charge in [-0.3, -0.25) is 4.79 Å². The van der Waals surface area contributed by atoms with E-state index in [1.807, 2.05) is 6.07 Å². The average Bonchev–Trinajstić information content (AvgIpc) is 2.90. The van der Waals surface area contributed by atoms with Crippen LogP contribution in [0.15, 0.2) is 18.2 Å². The largest absolute Gasteiger partial charge is 0.313 e. The van der Waals surface area contributed by atoms with Gasteiger partial charge in [0.15, 0.2) is 5.78 Å². The van der Waals surface area contributed by atoms with Gasteiger partial charge < -0.3 is 5.32 Å². The Hall–Kier alpha value is -0.570. The molecule has 22 heavy (non-hydrogen) atoms. The monoisotopic (exact) mass is 339 g/mol. The molecule has 1 aromatic carbocycles. The molecule has 1 N–H and O–H groups in total. The van der Waals surface area contributed by atoms with Crippen molar-refractivity contribution >= 4 is 29.0 Å².